The van der Waals surface area contributed by atoms with E-state index in [9.17, 15) is 13.2 Å². The normalized spacial score (nSPS) is 14.4. The van der Waals surface area contributed by atoms with Crippen LogP contribution in [0.2, 0.25) is 5.02 Å². The molecule has 3 aromatic rings. The number of hydrogen-bond acceptors (Lipinski definition) is 7. The Kier molecular flexibility index (Phi) is 7.33. The summed E-state index contributed by atoms with van der Waals surface area (Å²) in [5.41, 5.74) is 0.935. The zero-order valence-corrected chi connectivity index (χ0v) is 18.4. The first-order valence-corrected chi connectivity index (χ1v) is 11.2. The number of anilines is 1. The van der Waals surface area contributed by atoms with Gasteiger partial charge in [-0.1, -0.05) is 29.0 Å². The highest BCUT2D eigenvalue weighted by Crippen LogP contribution is 2.29. The van der Waals surface area contributed by atoms with Gasteiger partial charge in [0.2, 0.25) is 5.13 Å². The molecule has 2 N–H and O–H groups in total. The predicted octanol–water partition coefficient (Wildman–Crippen LogP) is 4.93. The van der Waals surface area contributed by atoms with Gasteiger partial charge in [0.05, 0.1) is 5.02 Å². The molecular formula is C21H20ClF3N4O2S. The summed E-state index contributed by atoms with van der Waals surface area (Å²) >= 11 is 7.58. The van der Waals surface area contributed by atoms with Gasteiger partial charge in [0.25, 0.3) is 0 Å². The summed E-state index contributed by atoms with van der Waals surface area (Å²) in [6, 6.07) is 6.71. The molecular weight excluding hydrogens is 465 g/mol. The predicted molar refractivity (Wildman–Crippen MR) is 116 cm³/mol. The molecule has 6 nitrogen and oxygen atoms in total. The zero-order valence-electron chi connectivity index (χ0n) is 16.8. The van der Waals surface area contributed by atoms with Crippen LogP contribution >= 0.6 is 22.9 Å². The fourth-order valence-electron chi connectivity index (χ4n) is 3.16. The highest BCUT2D eigenvalue weighted by Gasteiger charge is 2.16. The maximum Gasteiger partial charge on any atom is 0.206 e. The number of nitrogens with zero attached hydrogens (tertiary/aromatic N) is 2. The van der Waals surface area contributed by atoms with E-state index in [4.69, 9.17) is 21.1 Å². The van der Waals surface area contributed by atoms with Crippen LogP contribution in [0.1, 0.15) is 23.4 Å². The van der Waals surface area contributed by atoms with E-state index in [1.807, 2.05) is 18.2 Å². The molecule has 0 bridgehead atoms. The van der Waals surface area contributed by atoms with E-state index in [0.717, 1.165) is 31.5 Å². The molecule has 32 heavy (non-hydrogen) atoms. The monoisotopic (exact) mass is 484 g/mol. The summed E-state index contributed by atoms with van der Waals surface area (Å²) < 4.78 is 51.1. The lowest BCUT2D eigenvalue weighted by molar-refractivity contribution is 0.162. The van der Waals surface area contributed by atoms with Crippen LogP contribution in [0.4, 0.5) is 18.3 Å². The molecule has 0 spiro atoms. The SMILES string of the molecule is Fc1cc(F)c(OCc2nnc(NCc3ccc(OC4CCNCC4)c(Cl)c3)s2)cc1F. The van der Waals surface area contributed by atoms with Crippen LogP contribution in [0.5, 0.6) is 11.5 Å². The smallest absolute Gasteiger partial charge is 0.206 e. The van der Waals surface area contributed by atoms with Crippen LogP contribution in [-0.2, 0) is 13.2 Å². The van der Waals surface area contributed by atoms with E-state index < -0.39 is 23.2 Å². The van der Waals surface area contributed by atoms with Crippen LogP contribution < -0.4 is 20.1 Å². The van der Waals surface area contributed by atoms with Crippen LogP contribution in [0.15, 0.2) is 30.3 Å². The maximum atomic E-state index is 13.6. The summed E-state index contributed by atoms with van der Waals surface area (Å²) in [5.74, 6) is -3.18. The average Bonchev–Trinajstić information content (AvgIpc) is 3.24. The van der Waals surface area contributed by atoms with Crippen LogP contribution in [0, 0.1) is 17.5 Å². The summed E-state index contributed by atoms with van der Waals surface area (Å²) in [4.78, 5) is 0. The Labute approximate surface area is 191 Å². The van der Waals surface area contributed by atoms with Gasteiger partial charge >= 0.3 is 0 Å². The van der Waals surface area contributed by atoms with Gasteiger partial charge in [-0.3, -0.25) is 0 Å². The van der Waals surface area contributed by atoms with Gasteiger partial charge in [-0.2, -0.15) is 0 Å². The van der Waals surface area contributed by atoms with Crippen LogP contribution in [0.25, 0.3) is 0 Å². The summed E-state index contributed by atoms with van der Waals surface area (Å²) in [7, 11) is 0. The summed E-state index contributed by atoms with van der Waals surface area (Å²) in [6.07, 6.45) is 2.07. The molecule has 1 aliphatic heterocycles. The Morgan fingerprint density at radius 3 is 2.59 bits per heavy atom. The molecule has 2 heterocycles. The second kappa shape index (κ2) is 10.4. The van der Waals surface area contributed by atoms with Crippen molar-refractivity contribution in [2.45, 2.75) is 32.1 Å². The lowest BCUT2D eigenvalue weighted by Crippen LogP contribution is -2.34. The van der Waals surface area contributed by atoms with Crippen molar-refractivity contribution in [2.75, 3.05) is 18.4 Å². The van der Waals surface area contributed by atoms with E-state index in [1.165, 1.54) is 11.3 Å². The maximum absolute atomic E-state index is 13.6. The largest absolute Gasteiger partial charge is 0.489 e. The minimum Gasteiger partial charge on any atom is -0.489 e. The fourth-order valence-corrected chi connectivity index (χ4v) is 4.05. The average molecular weight is 485 g/mol. The van der Waals surface area contributed by atoms with Crippen LogP contribution in [0.3, 0.4) is 0 Å². The Morgan fingerprint density at radius 2 is 1.81 bits per heavy atom. The number of hydrogen-bond donors (Lipinski definition) is 2. The van der Waals surface area contributed by atoms with Crippen molar-refractivity contribution in [1.29, 1.82) is 0 Å². The van der Waals surface area contributed by atoms with E-state index >= 15 is 0 Å². The van der Waals surface area contributed by atoms with Gasteiger partial charge in [-0.05, 0) is 43.6 Å². The molecule has 1 aromatic heterocycles. The lowest BCUT2D eigenvalue weighted by atomic mass is 10.1. The first-order valence-electron chi connectivity index (χ1n) is 9.97. The molecule has 170 valence electrons. The van der Waals surface area contributed by atoms with Crippen molar-refractivity contribution in [3.05, 3.63) is 63.4 Å². The molecule has 0 aliphatic carbocycles. The highest BCUT2D eigenvalue weighted by molar-refractivity contribution is 7.15. The standard InChI is InChI=1S/C21H20ClF3N4O2S/c22-14-7-12(1-2-18(14)31-13-3-5-26-6-4-13)10-27-21-29-28-20(32-21)11-30-19-9-16(24)15(23)8-17(19)25/h1-2,7-9,13,26H,3-6,10-11H2,(H,27,29). The van der Waals surface area contributed by atoms with E-state index in [1.54, 1.807) is 0 Å². The Bertz CT molecular complexity index is 1080. The number of aromatic nitrogens is 2. The summed E-state index contributed by atoms with van der Waals surface area (Å²) in [6.45, 7) is 2.21. The third-order valence-corrected chi connectivity index (χ3v) is 5.96. The molecule has 0 atom stereocenters. The van der Waals surface area contributed by atoms with Gasteiger partial charge in [0.1, 0.15) is 18.5 Å². The van der Waals surface area contributed by atoms with Gasteiger partial charge in [-0.25, -0.2) is 13.2 Å². The minimum absolute atomic E-state index is 0.129. The highest BCUT2D eigenvalue weighted by atomic mass is 35.5. The molecule has 0 radical (unpaired) electrons. The van der Waals surface area contributed by atoms with Gasteiger partial charge in [-0.15, -0.1) is 10.2 Å². The van der Waals surface area contributed by atoms with Crippen molar-refractivity contribution in [3.8, 4) is 11.5 Å². The Morgan fingerprint density at radius 1 is 1.03 bits per heavy atom. The second-order valence-corrected chi connectivity index (χ2v) is 8.64. The first kappa shape index (κ1) is 22.6. The zero-order chi connectivity index (χ0) is 22.5. The van der Waals surface area contributed by atoms with Gasteiger partial charge < -0.3 is 20.1 Å². The topological polar surface area (TPSA) is 68.3 Å². The quantitative estimate of drug-likeness (QED) is 0.442. The van der Waals surface area contributed by atoms with Crippen molar-refractivity contribution >= 4 is 28.1 Å². The molecule has 1 saturated heterocycles. The van der Waals surface area contributed by atoms with Crippen molar-refractivity contribution in [1.82, 2.24) is 15.5 Å². The fraction of sp³-hybridized carbons (Fsp3) is 0.333. The van der Waals surface area contributed by atoms with Gasteiger partial charge in [0.15, 0.2) is 28.2 Å². The Balaban J connectivity index is 1.29. The van der Waals surface area contributed by atoms with Crippen molar-refractivity contribution in [2.24, 2.45) is 0 Å². The molecule has 0 unspecified atom stereocenters. The molecule has 4 rings (SSSR count). The molecule has 0 saturated carbocycles. The number of ether oxygens (including phenoxy) is 2. The minimum atomic E-state index is -1.27. The third-order valence-electron chi connectivity index (χ3n) is 4.81. The molecule has 1 fully saturated rings. The van der Waals surface area contributed by atoms with E-state index in [-0.39, 0.29) is 12.7 Å². The molecule has 1 aliphatic rings. The summed E-state index contributed by atoms with van der Waals surface area (Å²) in [5, 5.41) is 15.9. The third kappa shape index (κ3) is 5.81. The first-order chi connectivity index (χ1) is 15.5. The van der Waals surface area contributed by atoms with E-state index in [0.29, 0.717) is 39.6 Å². The van der Waals surface area contributed by atoms with E-state index in [2.05, 4.69) is 20.8 Å². The lowest BCUT2D eigenvalue weighted by Gasteiger charge is -2.24. The second-order valence-electron chi connectivity index (χ2n) is 7.17. The molecule has 2 aromatic carbocycles. The molecule has 11 heteroatoms. The van der Waals surface area contributed by atoms with Crippen molar-refractivity contribution in [3.63, 3.8) is 0 Å². The number of nitrogens with one attached hydrogen (secondary N) is 2. The van der Waals surface area contributed by atoms with Crippen LogP contribution in [-0.4, -0.2) is 29.4 Å². The van der Waals surface area contributed by atoms with Gasteiger partial charge in [0, 0.05) is 18.7 Å². The number of benzene rings is 2. The number of halogens is 4. The molecule has 0 amide bonds. The van der Waals surface area contributed by atoms with Crippen molar-refractivity contribution < 1.29 is 22.6 Å². The Hall–Kier alpha value is -2.56. The number of piperidine rings is 1. The number of rotatable bonds is 8.